The Balaban J connectivity index is 1.83. The van der Waals surface area contributed by atoms with E-state index in [9.17, 15) is 9.59 Å². The van der Waals surface area contributed by atoms with Crippen LogP contribution in [-0.4, -0.2) is 34.9 Å². The van der Waals surface area contributed by atoms with Crippen molar-refractivity contribution in [2.24, 2.45) is 5.73 Å². The zero-order valence-corrected chi connectivity index (χ0v) is 11.0. The number of nitrogens with one attached hydrogen (secondary N) is 3. The van der Waals surface area contributed by atoms with Gasteiger partial charge in [0.2, 0.25) is 17.8 Å². The predicted octanol–water partition coefficient (Wildman–Crippen LogP) is 0.357. The molecule has 0 atom stereocenters. The highest BCUT2D eigenvalue weighted by Crippen LogP contribution is 2.12. The van der Waals surface area contributed by atoms with E-state index >= 15 is 0 Å². The molecule has 0 saturated heterocycles. The molecule has 2 rings (SSSR count). The topological polar surface area (TPSA) is 113 Å². The van der Waals surface area contributed by atoms with Gasteiger partial charge in [-0.1, -0.05) is 12.1 Å². The van der Waals surface area contributed by atoms with Gasteiger partial charge in [0, 0.05) is 6.42 Å². The first-order valence-corrected chi connectivity index (χ1v) is 6.40. The van der Waals surface area contributed by atoms with E-state index in [1.54, 1.807) is 0 Å². The number of anilines is 1. The van der Waals surface area contributed by atoms with Crippen molar-refractivity contribution in [3.63, 3.8) is 0 Å². The lowest BCUT2D eigenvalue weighted by Crippen LogP contribution is -2.33. The number of aromatic nitrogens is 2. The van der Waals surface area contributed by atoms with E-state index < -0.39 is 0 Å². The molecule has 0 aliphatic rings. The number of hydrogen-bond donors (Lipinski definition) is 4. The number of imidazole rings is 1. The van der Waals surface area contributed by atoms with Crippen molar-refractivity contribution in [1.29, 1.82) is 0 Å². The number of benzene rings is 1. The summed E-state index contributed by atoms with van der Waals surface area (Å²) in [5.74, 6) is -0.146. The molecule has 0 aliphatic heterocycles. The molecule has 2 aromatic rings. The Kier molecular flexibility index (Phi) is 4.67. The summed E-state index contributed by atoms with van der Waals surface area (Å²) in [4.78, 5) is 30.2. The third-order valence-electron chi connectivity index (χ3n) is 2.70. The monoisotopic (exact) mass is 275 g/mol. The molecular weight excluding hydrogens is 258 g/mol. The SMILES string of the molecule is NCCCC(=O)NCC(=O)Nc1nc2ccccc2[nH]1. The van der Waals surface area contributed by atoms with E-state index in [1.807, 2.05) is 24.3 Å². The van der Waals surface area contributed by atoms with Crippen LogP contribution in [0.2, 0.25) is 0 Å². The van der Waals surface area contributed by atoms with Crippen molar-refractivity contribution < 1.29 is 9.59 Å². The zero-order valence-electron chi connectivity index (χ0n) is 11.0. The minimum atomic E-state index is -0.329. The summed E-state index contributed by atoms with van der Waals surface area (Å²) in [5, 5.41) is 5.12. The van der Waals surface area contributed by atoms with E-state index in [4.69, 9.17) is 5.73 Å². The fourth-order valence-electron chi connectivity index (χ4n) is 1.72. The van der Waals surface area contributed by atoms with Crippen LogP contribution in [-0.2, 0) is 9.59 Å². The number of aromatic amines is 1. The number of carbonyl (C=O) groups excluding carboxylic acids is 2. The number of para-hydroxylation sites is 2. The molecule has 5 N–H and O–H groups in total. The second-order valence-electron chi connectivity index (χ2n) is 4.32. The standard InChI is InChI=1S/C13H17N5O2/c14-7-3-6-11(19)15-8-12(20)18-13-16-9-4-1-2-5-10(9)17-13/h1-2,4-5H,3,6-8,14H2,(H,15,19)(H2,16,17,18,20). The van der Waals surface area contributed by atoms with Gasteiger partial charge in [-0.05, 0) is 25.1 Å². The summed E-state index contributed by atoms with van der Waals surface area (Å²) in [7, 11) is 0. The van der Waals surface area contributed by atoms with Crippen molar-refractivity contribution in [2.45, 2.75) is 12.8 Å². The molecule has 106 valence electrons. The number of fused-ring (bicyclic) bond motifs is 1. The maximum absolute atomic E-state index is 11.7. The molecule has 1 aromatic heterocycles. The molecule has 0 aliphatic carbocycles. The third kappa shape index (κ3) is 3.79. The molecule has 1 heterocycles. The molecule has 0 bridgehead atoms. The quantitative estimate of drug-likeness (QED) is 0.609. The highest BCUT2D eigenvalue weighted by atomic mass is 16.2. The Labute approximate surface area is 115 Å². The summed E-state index contributed by atoms with van der Waals surface area (Å²) in [6.07, 6.45) is 0.936. The molecule has 7 heteroatoms. The number of H-pyrrole nitrogens is 1. The Morgan fingerprint density at radius 1 is 1.25 bits per heavy atom. The van der Waals surface area contributed by atoms with Gasteiger partial charge in [-0.25, -0.2) is 4.98 Å². The number of hydrogen-bond acceptors (Lipinski definition) is 4. The fraction of sp³-hybridized carbons (Fsp3) is 0.308. The van der Waals surface area contributed by atoms with Crippen LogP contribution in [0.25, 0.3) is 11.0 Å². The molecule has 0 spiro atoms. The zero-order chi connectivity index (χ0) is 14.4. The van der Waals surface area contributed by atoms with Crippen LogP contribution < -0.4 is 16.4 Å². The minimum Gasteiger partial charge on any atom is -0.347 e. The molecular formula is C13H17N5O2. The van der Waals surface area contributed by atoms with Crippen molar-refractivity contribution in [2.75, 3.05) is 18.4 Å². The van der Waals surface area contributed by atoms with Crippen molar-refractivity contribution in [3.8, 4) is 0 Å². The number of carbonyl (C=O) groups is 2. The smallest absolute Gasteiger partial charge is 0.246 e. The third-order valence-corrected chi connectivity index (χ3v) is 2.70. The van der Waals surface area contributed by atoms with Crippen molar-refractivity contribution >= 4 is 28.8 Å². The van der Waals surface area contributed by atoms with Gasteiger partial charge < -0.3 is 16.0 Å². The summed E-state index contributed by atoms with van der Waals surface area (Å²) in [6.45, 7) is 0.374. The lowest BCUT2D eigenvalue weighted by molar-refractivity contribution is -0.124. The first kappa shape index (κ1) is 14.0. The summed E-state index contributed by atoms with van der Waals surface area (Å²) >= 11 is 0. The summed E-state index contributed by atoms with van der Waals surface area (Å²) < 4.78 is 0. The van der Waals surface area contributed by atoms with Gasteiger partial charge in [-0.2, -0.15) is 0 Å². The maximum atomic E-state index is 11.7. The number of nitrogens with zero attached hydrogens (tertiary/aromatic N) is 1. The Morgan fingerprint density at radius 3 is 2.80 bits per heavy atom. The molecule has 0 unspecified atom stereocenters. The van der Waals surface area contributed by atoms with Gasteiger partial charge in [0.15, 0.2) is 0 Å². The van der Waals surface area contributed by atoms with E-state index in [0.717, 1.165) is 11.0 Å². The Morgan fingerprint density at radius 2 is 2.05 bits per heavy atom. The minimum absolute atomic E-state index is 0.0829. The summed E-state index contributed by atoms with van der Waals surface area (Å²) in [5.41, 5.74) is 6.92. The van der Waals surface area contributed by atoms with Crippen LogP contribution >= 0.6 is 0 Å². The van der Waals surface area contributed by atoms with Gasteiger partial charge in [0.25, 0.3) is 0 Å². The van der Waals surface area contributed by atoms with Crippen molar-refractivity contribution in [3.05, 3.63) is 24.3 Å². The van der Waals surface area contributed by atoms with Gasteiger partial charge >= 0.3 is 0 Å². The molecule has 0 saturated carbocycles. The maximum Gasteiger partial charge on any atom is 0.246 e. The first-order valence-electron chi connectivity index (χ1n) is 6.40. The molecule has 0 fully saturated rings. The van der Waals surface area contributed by atoms with Gasteiger partial charge in [-0.3, -0.25) is 14.9 Å². The average Bonchev–Trinajstić information content (AvgIpc) is 2.84. The molecule has 7 nitrogen and oxygen atoms in total. The fourth-order valence-corrected chi connectivity index (χ4v) is 1.72. The van der Waals surface area contributed by atoms with Crippen LogP contribution in [0.5, 0.6) is 0 Å². The Hall–Kier alpha value is -2.41. The highest BCUT2D eigenvalue weighted by Gasteiger charge is 2.08. The van der Waals surface area contributed by atoms with Gasteiger partial charge in [-0.15, -0.1) is 0 Å². The molecule has 1 aromatic carbocycles. The second kappa shape index (κ2) is 6.67. The van der Waals surface area contributed by atoms with E-state index in [2.05, 4.69) is 20.6 Å². The van der Waals surface area contributed by atoms with Crippen LogP contribution in [0.1, 0.15) is 12.8 Å². The lowest BCUT2D eigenvalue weighted by atomic mass is 10.3. The molecule has 0 radical (unpaired) electrons. The van der Waals surface area contributed by atoms with Crippen molar-refractivity contribution in [1.82, 2.24) is 15.3 Å². The van der Waals surface area contributed by atoms with Crippen LogP contribution in [0.4, 0.5) is 5.95 Å². The van der Waals surface area contributed by atoms with E-state index in [0.29, 0.717) is 25.3 Å². The second-order valence-corrected chi connectivity index (χ2v) is 4.32. The first-order chi connectivity index (χ1) is 9.69. The number of rotatable bonds is 6. The molecule has 20 heavy (non-hydrogen) atoms. The normalized spacial score (nSPS) is 10.4. The van der Waals surface area contributed by atoms with Gasteiger partial charge in [0.05, 0.1) is 17.6 Å². The van der Waals surface area contributed by atoms with Crippen LogP contribution in [0, 0.1) is 0 Å². The largest absolute Gasteiger partial charge is 0.347 e. The van der Waals surface area contributed by atoms with E-state index in [1.165, 1.54) is 0 Å². The number of nitrogens with two attached hydrogens (primary N) is 1. The van der Waals surface area contributed by atoms with Crippen LogP contribution in [0.15, 0.2) is 24.3 Å². The lowest BCUT2D eigenvalue weighted by Gasteiger charge is -2.04. The highest BCUT2D eigenvalue weighted by molar-refractivity contribution is 5.94. The predicted molar refractivity (Wildman–Crippen MR) is 76.0 cm³/mol. The van der Waals surface area contributed by atoms with E-state index in [-0.39, 0.29) is 18.4 Å². The summed E-state index contributed by atoms with van der Waals surface area (Å²) in [6, 6.07) is 7.46. The van der Waals surface area contributed by atoms with Gasteiger partial charge in [0.1, 0.15) is 0 Å². The molecule has 2 amide bonds. The number of amides is 2. The average molecular weight is 275 g/mol. The Bertz CT molecular complexity index is 575. The van der Waals surface area contributed by atoms with Crippen LogP contribution in [0.3, 0.4) is 0 Å².